The fourth-order valence-corrected chi connectivity index (χ4v) is 4.48. The van der Waals surface area contributed by atoms with Gasteiger partial charge in [0, 0.05) is 5.92 Å². The smallest absolute Gasteiger partial charge is 0.314 e. The van der Waals surface area contributed by atoms with Crippen LogP contribution in [-0.2, 0) is 9.47 Å². The molecule has 8 heteroatoms. The number of rotatable bonds is 5. The van der Waals surface area contributed by atoms with Gasteiger partial charge in [-0.05, 0) is 25.5 Å². The molecular formula is C17H17Cl2N4O2+. The van der Waals surface area contributed by atoms with Gasteiger partial charge in [-0.2, -0.15) is 10.5 Å². The quantitative estimate of drug-likeness (QED) is 0.749. The van der Waals surface area contributed by atoms with Crippen LogP contribution in [0, 0.1) is 33.5 Å². The summed E-state index contributed by atoms with van der Waals surface area (Å²) in [6.07, 6.45) is 0. The average molecular weight is 380 g/mol. The van der Waals surface area contributed by atoms with E-state index in [4.69, 9.17) is 38.4 Å². The molecule has 0 spiro atoms. The minimum atomic E-state index is -1.53. The van der Waals surface area contributed by atoms with Crippen molar-refractivity contribution in [3.63, 3.8) is 0 Å². The number of halogens is 2. The number of nitrogens with one attached hydrogen (secondary N) is 1. The number of benzene rings is 1. The van der Waals surface area contributed by atoms with Crippen molar-refractivity contribution in [3.8, 4) is 12.1 Å². The Morgan fingerprint density at radius 2 is 1.84 bits per heavy atom. The third-order valence-corrected chi connectivity index (χ3v) is 5.82. The monoisotopic (exact) mass is 379 g/mol. The average Bonchev–Trinajstić information content (AvgIpc) is 3.16. The molecule has 6 nitrogen and oxygen atoms in total. The van der Waals surface area contributed by atoms with Gasteiger partial charge in [0.05, 0.1) is 35.4 Å². The number of ether oxygens (including phenoxy) is 2. The van der Waals surface area contributed by atoms with E-state index in [0.29, 0.717) is 15.6 Å². The van der Waals surface area contributed by atoms with E-state index in [1.54, 1.807) is 32.0 Å². The molecule has 0 amide bonds. The minimum absolute atomic E-state index is 0.138. The van der Waals surface area contributed by atoms with Gasteiger partial charge in [-0.25, -0.2) is 4.99 Å². The summed E-state index contributed by atoms with van der Waals surface area (Å²) in [4.78, 5) is 2.91. The Hall–Kier alpha value is -1.83. The maximum absolute atomic E-state index is 10.1. The summed E-state index contributed by atoms with van der Waals surface area (Å²) >= 11 is 12.5. The van der Waals surface area contributed by atoms with E-state index in [1.165, 1.54) is 0 Å². The van der Waals surface area contributed by atoms with Gasteiger partial charge in [-0.15, -0.1) is 0 Å². The van der Waals surface area contributed by atoms with Gasteiger partial charge < -0.3 is 9.47 Å². The third-order valence-electron chi connectivity index (χ3n) is 4.99. The molecule has 1 fully saturated rings. The molecule has 0 saturated heterocycles. The van der Waals surface area contributed by atoms with Crippen LogP contribution in [0.25, 0.3) is 0 Å². The number of amidine groups is 1. The first-order chi connectivity index (χ1) is 11.9. The Bertz CT molecular complexity index is 838. The van der Waals surface area contributed by atoms with Crippen molar-refractivity contribution in [2.24, 2.45) is 16.6 Å². The highest BCUT2D eigenvalue weighted by molar-refractivity contribution is 6.42. The Morgan fingerprint density at radius 1 is 1.20 bits per heavy atom. The van der Waals surface area contributed by atoms with Gasteiger partial charge in [-0.3, -0.25) is 5.73 Å². The lowest BCUT2D eigenvalue weighted by atomic mass is 9.93. The van der Waals surface area contributed by atoms with Gasteiger partial charge >= 0.3 is 5.91 Å². The first kappa shape index (κ1) is 18.0. The third kappa shape index (κ3) is 1.89. The van der Waals surface area contributed by atoms with Crippen LogP contribution in [0.4, 0.5) is 0 Å². The molecular weight excluding hydrogens is 363 g/mol. The number of hydrogen-bond acceptors (Lipinski definition) is 5. The summed E-state index contributed by atoms with van der Waals surface area (Å²) in [5, 5.41) is 20.7. The molecule has 3 atom stereocenters. The van der Waals surface area contributed by atoms with E-state index in [-0.39, 0.29) is 19.0 Å². The Labute approximate surface area is 155 Å². The molecule has 0 unspecified atom stereocenters. The van der Waals surface area contributed by atoms with Crippen molar-refractivity contribution in [1.82, 2.24) is 0 Å². The normalized spacial score (nSPS) is 31.6. The van der Waals surface area contributed by atoms with Crippen molar-refractivity contribution < 1.29 is 14.5 Å². The largest absolute Gasteiger partial charge is 0.343 e. The summed E-state index contributed by atoms with van der Waals surface area (Å²) in [5.74, 6) is -2.01. The highest BCUT2D eigenvalue weighted by Crippen LogP contribution is 2.79. The molecule has 1 saturated carbocycles. The van der Waals surface area contributed by atoms with Crippen LogP contribution in [0.2, 0.25) is 10.0 Å². The summed E-state index contributed by atoms with van der Waals surface area (Å²) in [5.41, 5.74) is 4.05. The molecule has 25 heavy (non-hydrogen) atoms. The van der Waals surface area contributed by atoms with Crippen LogP contribution in [-0.4, -0.2) is 25.0 Å². The van der Waals surface area contributed by atoms with Gasteiger partial charge in [0.1, 0.15) is 0 Å². The highest BCUT2D eigenvalue weighted by Gasteiger charge is 2.97. The van der Waals surface area contributed by atoms with E-state index < -0.39 is 22.7 Å². The first-order valence-corrected chi connectivity index (χ1v) is 8.63. The zero-order valence-corrected chi connectivity index (χ0v) is 15.3. The number of fused-ring (bicyclic) bond motifs is 1. The number of nitriles is 2. The molecule has 1 heterocycles. The Morgan fingerprint density at radius 3 is 2.36 bits per heavy atom. The fraction of sp³-hybridized carbons (Fsp3) is 0.471. The zero-order valence-electron chi connectivity index (χ0n) is 13.8. The van der Waals surface area contributed by atoms with Crippen molar-refractivity contribution >= 4 is 29.0 Å². The molecule has 1 aromatic carbocycles. The van der Waals surface area contributed by atoms with Gasteiger partial charge in [0.15, 0.2) is 10.8 Å². The highest BCUT2D eigenvalue weighted by atomic mass is 35.5. The zero-order chi connectivity index (χ0) is 18.5. The topological polar surface area (TPSA) is 106 Å². The van der Waals surface area contributed by atoms with Gasteiger partial charge in [0.2, 0.25) is 0 Å². The van der Waals surface area contributed by atoms with E-state index in [1.807, 2.05) is 0 Å². The van der Waals surface area contributed by atoms with E-state index >= 15 is 0 Å². The lowest BCUT2D eigenvalue weighted by molar-refractivity contribution is -0.693. The molecule has 1 aliphatic heterocycles. The molecule has 1 aliphatic carbocycles. The predicted molar refractivity (Wildman–Crippen MR) is 91.4 cm³/mol. The van der Waals surface area contributed by atoms with E-state index in [0.717, 1.165) is 0 Å². The molecule has 0 radical (unpaired) electrons. The van der Waals surface area contributed by atoms with Crippen LogP contribution < -0.4 is 10.7 Å². The number of nitrogens with two attached hydrogens (primary N) is 1. The maximum Gasteiger partial charge on any atom is 0.343 e. The van der Waals surface area contributed by atoms with Crippen molar-refractivity contribution in [3.05, 3.63) is 33.8 Å². The maximum atomic E-state index is 10.1. The summed E-state index contributed by atoms with van der Waals surface area (Å²) in [6, 6.07) is 9.58. The van der Waals surface area contributed by atoms with Crippen LogP contribution in [0.5, 0.6) is 0 Å². The lowest BCUT2D eigenvalue weighted by Crippen LogP contribution is -2.91. The van der Waals surface area contributed by atoms with Gasteiger partial charge in [-0.1, -0.05) is 35.3 Å². The van der Waals surface area contributed by atoms with E-state index in [2.05, 4.69) is 17.1 Å². The molecule has 3 rings (SSSR count). The minimum Gasteiger partial charge on any atom is -0.314 e. The predicted octanol–water partition coefficient (Wildman–Crippen LogP) is 1.29. The standard InChI is InChI=1S/C17H16Cl2N4O2/c1-3-24-17(25-4-2)16(9-21)13(15(16,8-20)14(22)23-17)10-6-5-7-11(18)12(10)19/h5-7,13H,3-4H2,1-2H3,(H2,22,23)/p+1/t13-,15-,16-/m1/s1. The fourth-order valence-electron chi connectivity index (χ4n) is 4.06. The Balaban J connectivity index is 2.27. The second-order valence-electron chi connectivity index (χ2n) is 5.94. The van der Waals surface area contributed by atoms with Crippen molar-refractivity contribution in [1.29, 1.82) is 10.5 Å². The van der Waals surface area contributed by atoms with Crippen molar-refractivity contribution in [2.75, 3.05) is 13.2 Å². The van der Waals surface area contributed by atoms with Crippen molar-refractivity contribution in [2.45, 2.75) is 25.7 Å². The SMILES string of the molecule is CCOC1(OCC)[NH+]=C(N)[C@@]2(C#N)[C@@H](c3cccc(Cl)c3Cl)[C@@]12C#N. The molecule has 1 aromatic rings. The summed E-state index contributed by atoms with van der Waals surface area (Å²) in [6.45, 7) is 4.09. The first-order valence-electron chi connectivity index (χ1n) is 7.87. The summed E-state index contributed by atoms with van der Waals surface area (Å²) in [7, 11) is 0. The molecule has 130 valence electrons. The second-order valence-corrected chi connectivity index (χ2v) is 6.72. The summed E-state index contributed by atoms with van der Waals surface area (Å²) < 4.78 is 11.6. The van der Waals surface area contributed by atoms with E-state index in [9.17, 15) is 10.5 Å². The van der Waals surface area contributed by atoms with Crippen LogP contribution >= 0.6 is 23.2 Å². The second kappa shape index (κ2) is 5.86. The number of nitrogens with zero attached hydrogens (tertiary/aromatic N) is 2. The molecule has 3 N–H and O–H groups in total. The molecule has 0 bridgehead atoms. The Kier molecular flexibility index (Phi) is 4.21. The lowest BCUT2D eigenvalue weighted by Gasteiger charge is -2.29. The van der Waals surface area contributed by atoms with Crippen LogP contribution in [0.3, 0.4) is 0 Å². The van der Waals surface area contributed by atoms with Crippen LogP contribution in [0.1, 0.15) is 25.3 Å². The molecule has 0 aromatic heterocycles. The molecule has 2 aliphatic rings. The number of hydrogen-bond donors (Lipinski definition) is 2. The van der Waals surface area contributed by atoms with Crippen LogP contribution in [0.15, 0.2) is 18.2 Å². The van der Waals surface area contributed by atoms with Gasteiger partial charge in [0.25, 0.3) is 5.84 Å².